The molecular formula is C21H27N3O5S. The van der Waals surface area contributed by atoms with Crippen LogP contribution in [0.25, 0.3) is 0 Å². The Hall–Kier alpha value is -2.91. The van der Waals surface area contributed by atoms with Gasteiger partial charge in [0.25, 0.3) is 11.8 Å². The number of benzene rings is 2. The lowest BCUT2D eigenvalue weighted by molar-refractivity contribution is -0.123. The minimum atomic E-state index is -3.65. The Kier molecular flexibility index (Phi) is 7.96. The van der Waals surface area contributed by atoms with Gasteiger partial charge in [-0.25, -0.2) is 13.1 Å². The Bertz CT molecular complexity index is 1000. The van der Waals surface area contributed by atoms with E-state index in [2.05, 4.69) is 15.6 Å². The molecule has 2 rings (SSSR count). The Morgan fingerprint density at radius 3 is 2.27 bits per heavy atom. The molecule has 0 spiro atoms. The normalized spacial score (nSPS) is 12.1. The van der Waals surface area contributed by atoms with Gasteiger partial charge in [0.15, 0.2) is 6.61 Å². The number of hydrogen-bond donors (Lipinski definition) is 3. The zero-order valence-electron chi connectivity index (χ0n) is 17.5. The van der Waals surface area contributed by atoms with Crippen LogP contribution in [0.5, 0.6) is 5.75 Å². The van der Waals surface area contributed by atoms with E-state index >= 15 is 0 Å². The molecule has 0 saturated carbocycles. The fourth-order valence-corrected chi connectivity index (χ4v) is 3.72. The van der Waals surface area contributed by atoms with E-state index in [1.807, 2.05) is 32.9 Å². The van der Waals surface area contributed by atoms with Gasteiger partial charge < -0.3 is 4.74 Å². The largest absolute Gasteiger partial charge is 0.484 e. The summed E-state index contributed by atoms with van der Waals surface area (Å²) in [5.41, 5.74) is 6.90. The average Bonchev–Trinajstić information content (AvgIpc) is 2.72. The highest BCUT2D eigenvalue weighted by molar-refractivity contribution is 7.89. The summed E-state index contributed by atoms with van der Waals surface area (Å²) in [7, 11) is -3.65. The molecule has 3 N–H and O–H groups in total. The van der Waals surface area contributed by atoms with Crippen molar-refractivity contribution in [1.29, 1.82) is 0 Å². The predicted molar refractivity (Wildman–Crippen MR) is 114 cm³/mol. The molecule has 9 heteroatoms. The number of nitrogens with one attached hydrogen (secondary N) is 3. The van der Waals surface area contributed by atoms with Crippen LogP contribution < -0.4 is 20.3 Å². The maximum Gasteiger partial charge on any atom is 0.276 e. The number of carbonyl (C=O) groups is 2. The fraction of sp³-hybridized carbons (Fsp3) is 0.333. The first-order valence-corrected chi connectivity index (χ1v) is 11.0. The molecule has 8 nitrogen and oxygen atoms in total. The van der Waals surface area contributed by atoms with Crippen LogP contribution in [0.1, 0.15) is 41.8 Å². The van der Waals surface area contributed by atoms with Crippen molar-refractivity contribution in [2.24, 2.45) is 0 Å². The van der Waals surface area contributed by atoms with Crippen LogP contribution in [0.3, 0.4) is 0 Å². The lowest BCUT2D eigenvalue weighted by atomic mass is 10.1. The summed E-state index contributed by atoms with van der Waals surface area (Å²) >= 11 is 0. The molecule has 1 atom stereocenters. The maximum atomic E-state index is 12.2. The molecule has 0 aliphatic rings. The number of aryl methyl sites for hydroxylation is 2. The smallest absolute Gasteiger partial charge is 0.276 e. The third kappa shape index (κ3) is 6.57. The number of ether oxygens (including phenoxy) is 1. The summed E-state index contributed by atoms with van der Waals surface area (Å²) in [6.07, 6.45) is 0.659. The second-order valence-electron chi connectivity index (χ2n) is 6.99. The number of amides is 2. The first kappa shape index (κ1) is 23.4. The zero-order chi connectivity index (χ0) is 22.3. The third-order valence-corrected chi connectivity index (χ3v) is 6.16. The van der Waals surface area contributed by atoms with E-state index in [1.165, 1.54) is 24.3 Å². The summed E-state index contributed by atoms with van der Waals surface area (Å²) in [4.78, 5) is 24.1. The van der Waals surface area contributed by atoms with Crippen LogP contribution in [-0.4, -0.2) is 32.9 Å². The monoisotopic (exact) mass is 433 g/mol. The van der Waals surface area contributed by atoms with Gasteiger partial charge in [-0.1, -0.05) is 13.0 Å². The Morgan fingerprint density at radius 2 is 1.67 bits per heavy atom. The second kappa shape index (κ2) is 10.2. The van der Waals surface area contributed by atoms with Gasteiger partial charge in [-0.15, -0.1) is 0 Å². The Morgan fingerprint density at radius 1 is 1.00 bits per heavy atom. The van der Waals surface area contributed by atoms with Gasteiger partial charge in [0.05, 0.1) is 4.90 Å². The van der Waals surface area contributed by atoms with Crippen molar-refractivity contribution in [2.75, 3.05) is 6.61 Å². The van der Waals surface area contributed by atoms with Crippen molar-refractivity contribution in [3.63, 3.8) is 0 Å². The minimum absolute atomic E-state index is 0.0603. The summed E-state index contributed by atoms with van der Waals surface area (Å²) in [5.74, 6) is -0.547. The predicted octanol–water partition coefficient (Wildman–Crippen LogP) is 2.22. The van der Waals surface area contributed by atoms with E-state index in [4.69, 9.17) is 4.74 Å². The molecule has 0 radical (unpaired) electrons. The van der Waals surface area contributed by atoms with Crippen LogP contribution in [0.2, 0.25) is 0 Å². The summed E-state index contributed by atoms with van der Waals surface area (Å²) < 4.78 is 32.4. The van der Waals surface area contributed by atoms with Crippen LogP contribution in [0.4, 0.5) is 0 Å². The molecule has 0 saturated heterocycles. The standard InChI is InChI=1S/C21H27N3O5S/c1-5-16(4)24-30(27,28)19-10-7-17(8-11-19)21(26)23-22-20(25)13-29-18-9-6-14(2)15(3)12-18/h6-12,16,24H,5,13H2,1-4H3,(H,22,25)(H,23,26). The van der Waals surface area contributed by atoms with Crippen LogP contribution in [0.15, 0.2) is 47.4 Å². The van der Waals surface area contributed by atoms with Crippen LogP contribution in [-0.2, 0) is 14.8 Å². The molecule has 0 aromatic heterocycles. The SMILES string of the molecule is CCC(C)NS(=O)(=O)c1ccc(C(=O)NNC(=O)COc2ccc(C)c(C)c2)cc1. The topological polar surface area (TPSA) is 114 Å². The fourth-order valence-electron chi connectivity index (χ4n) is 2.39. The molecule has 2 aromatic carbocycles. The summed E-state index contributed by atoms with van der Waals surface area (Å²) in [5, 5.41) is 0. The van der Waals surface area contributed by atoms with E-state index in [0.717, 1.165) is 11.1 Å². The zero-order valence-corrected chi connectivity index (χ0v) is 18.3. The highest BCUT2D eigenvalue weighted by atomic mass is 32.2. The van der Waals surface area contributed by atoms with E-state index in [-0.39, 0.29) is 23.1 Å². The number of hydrogen-bond acceptors (Lipinski definition) is 5. The Balaban J connectivity index is 1.87. The van der Waals surface area contributed by atoms with Crippen LogP contribution in [0, 0.1) is 13.8 Å². The average molecular weight is 434 g/mol. The number of carbonyl (C=O) groups excluding carboxylic acids is 2. The quantitative estimate of drug-likeness (QED) is 0.553. The second-order valence-corrected chi connectivity index (χ2v) is 8.71. The Labute approximate surface area is 177 Å². The molecule has 0 aliphatic carbocycles. The van der Waals surface area contributed by atoms with E-state index < -0.39 is 21.8 Å². The molecule has 162 valence electrons. The summed E-state index contributed by atoms with van der Waals surface area (Å²) in [6.45, 7) is 7.31. The molecule has 2 aromatic rings. The van der Waals surface area contributed by atoms with Gasteiger partial charge in [-0.2, -0.15) is 0 Å². The molecule has 0 bridgehead atoms. The lowest BCUT2D eigenvalue weighted by Gasteiger charge is -2.12. The first-order valence-electron chi connectivity index (χ1n) is 9.54. The van der Waals surface area contributed by atoms with Gasteiger partial charge >= 0.3 is 0 Å². The molecule has 0 heterocycles. The molecule has 2 amide bonds. The van der Waals surface area contributed by atoms with Gasteiger partial charge in [0.2, 0.25) is 10.0 Å². The van der Waals surface area contributed by atoms with Crippen molar-refractivity contribution in [3.8, 4) is 5.75 Å². The first-order chi connectivity index (χ1) is 14.1. The third-order valence-electron chi connectivity index (χ3n) is 4.56. The molecule has 1 unspecified atom stereocenters. The number of rotatable bonds is 8. The van der Waals surface area contributed by atoms with Gasteiger partial charge in [0.1, 0.15) is 5.75 Å². The highest BCUT2D eigenvalue weighted by Gasteiger charge is 2.17. The number of hydrazine groups is 1. The minimum Gasteiger partial charge on any atom is -0.484 e. The van der Waals surface area contributed by atoms with Crippen molar-refractivity contribution < 1.29 is 22.7 Å². The molecule has 30 heavy (non-hydrogen) atoms. The van der Waals surface area contributed by atoms with Crippen molar-refractivity contribution in [2.45, 2.75) is 45.1 Å². The highest BCUT2D eigenvalue weighted by Crippen LogP contribution is 2.16. The molecule has 0 fully saturated rings. The van der Waals surface area contributed by atoms with Crippen molar-refractivity contribution in [3.05, 3.63) is 59.2 Å². The van der Waals surface area contributed by atoms with Gasteiger partial charge in [0, 0.05) is 11.6 Å². The van der Waals surface area contributed by atoms with E-state index in [9.17, 15) is 18.0 Å². The van der Waals surface area contributed by atoms with Gasteiger partial charge in [-0.3, -0.25) is 20.4 Å². The summed E-state index contributed by atoms with van der Waals surface area (Å²) in [6, 6.07) is 10.7. The lowest BCUT2D eigenvalue weighted by Crippen LogP contribution is -2.43. The van der Waals surface area contributed by atoms with Crippen molar-refractivity contribution >= 4 is 21.8 Å². The van der Waals surface area contributed by atoms with Gasteiger partial charge in [-0.05, 0) is 74.7 Å². The number of sulfonamides is 1. The van der Waals surface area contributed by atoms with E-state index in [1.54, 1.807) is 13.0 Å². The maximum absolute atomic E-state index is 12.2. The van der Waals surface area contributed by atoms with Crippen molar-refractivity contribution in [1.82, 2.24) is 15.6 Å². The molecular weight excluding hydrogens is 406 g/mol. The van der Waals surface area contributed by atoms with E-state index in [0.29, 0.717) is 12.2 Å². The molecule has 0 aliphatic heterocycles. The van der Waals surface area contributed by atoms with Crippen LogP contribution >= 0.6 is 0 Å².